The van der Waals surface area contributed by atoms with Gasteiger partial charge in [0.05, 0.1) is 0 Å². The van der Waals surface area contributed by atoms with E-state index >= 15 is 0 Å². The zero-order chi connectivity index (χ0) is 19.0. The van der Waals surface area contributed by atoms with Crippen molar-refractivity contribution in [3.05, 3.63) is 59.7 Å². The molecule has 1 N–H and O–H groups in total. The van der Waals surface area contributed by atoms with Crippen molar-refractivity contribution in [2.24, 2.45) is 5.92 Å². The van der Waals surface area contributed by atoms with Crippen LogP contribution in [-0.2, 0) is 9.53 Å². The van der Waals surface area contributed by atoms with Gasteiger partial charge in [-0.1, -0.05) is 55.5 Å². The lowest BCUT2D eigenvalue weighted by molar-refractivity contribution is -0.146. The third kappa shape index (κ3) is 3.07. The molecule has 2 aromatic rings. The number of hydrogen-bond donors (Lipinski definition) is 1. The molecule has 140 valence electrons. The third-order valence-corrected chi connectivity index (χ3v) is 5.76. The number of benzene rings is 2. The van der Waals surface area contributed by atoms with Gasteiger partial charge in [0.15, 0.2) is 0 Å². The van der Waals surface area contributed by atoms with E-state index in [4.69, 9.17) is 4.74 Å². The van der Waals surface area contributed by atoms with Gasteiger partial charge < -0.3 is 9.84 Å². The summed E-state index contributed by atoms with van der Waals surface area (Å²) >= 11 is 0. The topological polar surface area (TPSA) is 66.8 Å². The van der Waals surface area contributed by atoms with E-state index in [0.717, 1.165) is 24.0 Å². The first-order valence-electron chi connectivity index (χ1n) is 9.42. The monoisotopic (exact) mass is 365 g/mol. The Morgan fingerprint density at radius 3 is 2.26 bits per heavy atom. The summed E-state index contributed by atoms with van der Waals surface area (Å²) in [6.45, 7) is 2.52. The molecule has 2 unspecified atom stereocenters. The number of carboxylic acids is 1. The molecule has 1 amide bonds. The molecule has 0 radical (unpaired) electrons. The number of piperidine rings is 1. The molecule has 1 aliphatic heterocycles. The molecule has 2 atom stereocenters. The third-order valence-electron chi connectivity index (χ3n) is 5.76. The fourth-order valence-electron chi connectivity index (χ4n) is 4.45. The van der Waals surface area contributed by atoms with Crippen molar-refractivity contribution in [1.29, 1.82) is 0 Å². The Hall–Kier alpha value is -2.82. The standard InChI is InChI=1S/C22H23NO4/c1-14-7-6-12-23(20(14)21(24)25)22(26)27-13-19-17-10-4-2-8-15(17)16-9-3-5-11-18(16)19/h2-5,8-11,14,19-20H,6-7,12-13H2,1H3,(H,24,25). The molecule has 5 nitrogen and oxygen atoms in total. The van der Waals surface area contributed by atoms with Gasteiger partial charge in [0, 0.05) is 12.5 Å². The number of carboxylic acid groups (broad SMARTS) is 1. The predicted octanol–water partition coefficient (Wildman–Crippen LogP) is 4.12. The molecule has 0 aromatic heterocycles. The van der Waals surface area contributed by atoms with Crippen molar-refractivity contribution >= 4 is 12.1 Å². The Morgan fingerprint density at radius 2 is 1.67 bits per heavy atom. The molecule has 4 rings (SSSR count). The molecule has 5 heteroatoms. The van der Waals surface area contributed by atoms with Crippen molar-refractivity contribution in [3.63, 3.8) is 0 Å². The highest BCUT2D eigenvalue weighted by Gasteiger charge is 2.38. The summed E-state index contributed by atoms with van der Waals surface area (Å²) < 4.78 is 5.63. The van der Waals surface area contributed by atoms with Gasteiger partial charge in [-0.25, -0.2) is 9.59 Å². The van der Waals surface area contributed by atoms with Crippen molar-refractivity contribution in [1.82, 2.24) is 4.90 Å². The van der Waals surface area contributed by atoms with Crippen molar-refractivity contribution in [2.75, 3.05) is 13.2 Å². The van der Waals surface area contributed by atoms with Crippen LogP contribution in [0, 0.1) is 5.92 Å². The van der Waals surface area contributed by atoms with Crippen LogP contribution >= 0.6 is 0 Å². The fourth-order valence-corrected chi connectivity index (χ4v) is 4.45. The molecule has 1 fully saturated rings. The number of amides is 1. The minimum absolute atomic E-state index is 0.0214. The Kier molecular flexibility index (Phi) is 4.60. The molecule has 0 saturated carbocycles. The van der Waals surface area contributed by atoms with E-state index in [0.29, 0.717) is 6.54 Å². The maximum absolute atomic E-state index is 12.7. The number of carbonyl (C=O) groups excluding carboxylic acids is 1. The Bertz CT molecular complexity index is 833. The maximum Gasteiger partial charge on any atom is 0.410 e. The van der Waals surface area contributed by atoms with Crippen molar-refractivity contribution in [3.8, 4) is 11.1 Å². The molecule has 2 aromatic carbocycles. The van der Waals surface area contributed by atoms with E-state index in [2.05, 4.69) is 24.3 Å². The van der Waals surface area contributed by atoms with Gasteiger partial charge in [-0.3, -0.25) is 4.90 Å². The summed E-state index contributed by atoms with van der Waals surface area (Å²) in [6.07, 6.45) is 1.08. The average molecular weight is 365 g/mol. The largest absolute Gasteiger partial charge is 0.480 e. The van der Waals surface area contributed by atoms with Crippen LogP contribution in [0.25, 0.3) is 11.1 Å². The number of aliphatic carboxylic acids is 1. The molecule has 0 spiro atoms. The first-order valence-corrected chi connectivity index (χ1v) is 9.42. The summed E-state index contributed by atoms with van der Waals surface area (Å²) in [5.74, 6) is -1.06. The first-order chi connectivity index (χ1) is 13.1. The molecule has 1 saturated heterocycles. The molecular weight excluding hydrogens is 342 g/mol. The van der Waals surface area contributed by atoms with Gasteiger partial charge in [0.25, 0.3) is 0 Å². The normalized spacial score (nSPS) is 21.4. The van der Waals surface area contributed by atoms with Gasteiger partial charge in [-0.2, -0.15) is 0 Å². The average Bonchev–Trinajstić information content (AvgIpc) is 2.99. The quantitative estimate of drug-likeness (QED) is 0.888. The second-order valence-electron chi connectivity index (χ2n) is 7.40. The number of nitrogens with zero attached hydrogens (tertiary/aromatic N) is 1. The number of rotatable bonds is 3. The lowest BCUT2D eigenvalue weighted by atomic mass is 9.91. The van der Waals surface area contributed by atoms with Gasteiger partial charge in [-0.15, -0.1) is 0 Å². The molecular formula is C22H23NO4. The summed E-state index contributed by atoms with van der Waals surface area (Å²) in [6, 6.07) is 15.5. The summed E-state index contributed by atoms with van der Waals surface area (Å²) in [7, 11) is 0. The minimum Gasteiger partial charge on any atom is -0.480 e. The Labute approximate surface area is 158 Å². The SMILES string of the molecule is CC1CCCN(C(=O)OCC2c3ccccc3-c3ccccc32)C1C(=O)O. The highest BCUT2D eigenvalue weighted by Crippen LogP contribution is 2.44. The highest BCUT2D eigenvalue weighted by molar-refractivity contribution is 5.81. The van der Waals surface area contributed by atoms with E-state index in [1.807, 2.05) is 31.2 Å². The van der Waals surface area contributed by atoms with E-state index < -0.39 is 18.1 Å². The van der Waals surface area contributed by atoms with Crippen LogP contribution in [0.1, 0.15) is 36.8 Å². The zero-order valence-corrected chi connectivity index (χ0v) is 15.3. The van der Waals surface area contributed by atoms with Crippen LogP contribution in [0.3, 0.4) is 0 Å². The molecule has 0 bridgehead atoms. The summed E-state index contributed by atoms with van der Waals surface area (Å²) in [5.41, 5.74) is 4.63. The van der Waals surface area contributed by atoms with Crippen LogP contribution in [-0.4, -0.2) is 41.3 Å². The summed E-state index contributed by atoms with van der Waals surface area (Å²) in [4.78, 5) is 25.7. The van der Waals surface area contributed by atoms with Gasteiger partial charge >= 0.3 is 12.1 Å². The van der Waals surface area contributed by atoms with Gasteiger partial charge in [-0.05, 0) is 41.0 Å². The lowest BCUT2D eigenvalue weighted by Crippen LogP contribution is -2.52. The van der Waals surface area contributed by atoms with Crippen LogP contribution < -0.4 is 0 Å². The number of carbonyl (C=O) groups is 2. The second kappa shape index (κ2) is 7.06. The van der Waals surface area contributed by atoms with E-state index in [1.54, 1.807) is 0 Å². The number of fused-ring (bicyclic) bond motifs is 3. The van der Waals surface area contributed by atoms with Crippen LogP contribution in [0.15, 0.2) is 48.5 Å². The van der Waals surface area contributed by atoms with Crippen molar-refractivity contribution in [2.45, 2.75) is 31.7 Å². The smallest absolute Gasteiger partial charge is 0.410 e. The Balaban J connectivity index is 1.53. The number of likely N-dealkylation sites (tertiary alicyclic amines) is 1. The fraction of sp³-hybridized carbons (Fsp3) is 0.364. The number of ether oxygens (including phenoxy) is 1. The van der Waals surface area contributed by atoms with Crippen LogP contribution in [0.4, 0.5) is 4.79 Å². The molecule has 1 aliphatic carbocycles. The molecule has 27 heavy (non-hydrogen) atoms. The molecule has 2 aliphatic rings. The minimum atomic E-state index is -0.962. The highest BCUT2D eigenvalue weighted by atomic mass is 16.6. The number of hydrogen-bond acceptors (Lipinski definition) is 3. The second-order valence-corrected chi connectivity index (χ2v) is 7.40. The van der Waals surface area contributed by atoms with Crippen molar-refractivity contribution < 1.29 is 19.4 Å². The zero-order valence-electron chi connectivity index (χ0n) is 15.3. The van der Waals surface area contributed by atoms with Crippen LogP contribution in [0.2, 0.25) is 0 Å². The maximum atomic E-state index is 12.7. The predicted molar refractivity (Wildman–Crippen MR) is 102 cm³/mol. The molecule has 1 heterocycles. The van der Waals surface area contributed by atoms with Gasteiger partial charge in [0.1, 0.15) is 12.6 Å². The first kappa shape index (κ1) is 17.6. The van der Waals surface area contributed by atoms with E-state index in [1.165, 1.54) is 16.0 Å². The lowest BCUT2D eigenvalue weighted by Gasteiger charge is -2.36. The van der Waals surface area contributed by atoms with E-state index in [9.17, 15) is 14.7 Å². The van der Waals surface area contributed by atoms with Crippen LogP contribution in [0.5, 0.6) is 0 Å². The summed E-state index contributed by atoms with van der Waals surface area (Å²) in [5, 5.41) is 9.52. The van der Waals surface area contributed by atoms with E-state index in [-0.39, 0.29) is 18.4 Å². The Morgan fingerprint density at radius 1 is 1.07 bits per heavy atom. The van der Waals surface area contributed by atoms with Gasteiger partial charge in [0.2, 0.25) is 0 Å².